The fourth-order valence-electron chi connectivity index (χ4n) is 2.14. The number of hydrogen-bond acceptors (Lipinski definition) is 5. The molecule has 1 N–H and O–H groups in total. The molecule has 0 aliphatic carbocycles. The molecule has 2 rings (SSSR count). The molecule has 2 aromatic carbocycles. The van der Waals surface area contributed by atoms with Crippen LogP contribution in [-0.2, 0) is 4.79 Å². The van der Waals surface area contributed by atoms with E-state index in [1.807, 2.05) is 6.07 Å². The van der Waals surface area contributed by atoms with Crippen molar-refractivity contribution >= 4 is 29.3 Å². The van der Waals surface area contributed by atoms with Gasteiger partial charge in [0.1, 0.15) is 11.8 Å². The fourth-order valence-corrected chi connectivity index (χ4v) is 2.31. The molecule has 6 nitrogen and oxygen atoms in total. The van der Waals surface area contributed by atoms with Crippen LogP contribution in [0.1, 0.15) is 5.56 Å². The van der Waals surface area contributed by atoms with Gasteiger partial charge in [0.2, 0.25) is 5.91 Å². The van der Waals surface area contributed by atoms with E-state index in [-0.39, 0.29) is 12.5 Å². The quantitative estimate of drug-likeness (QED) is 0.745. The van der Waals surface area contributed by atoms with Gasteiger partial charge in [-0.2, -0.15) is 5.26 Å². The Morgan fingerprint density at radius 1 is 1.15 bits per heavy atom. The van der Waals surface area contributed by atoms with Crippen molar-refractivity contribution in [3.05, 3.63) is 53.1 Å². The summed E-state index contributed by atoms with van der Waals surface area (Å²) in [6.07, 6.45) is 3.01. The Morgan fingerprint density at radius 2 is 1.88 bits per heavy atom. The number of methoxy groups -OCH3 is 2. The van der Waals surface area contributed by atoms with Gasteiger partial charge in [-0.25, -0.2) is 0 Å². The summed E-state index contributed by atoms with van der Waals surface area (Å²) in [5, 5.41) is 11.8. The number of nitrogens with zero attached hydrogens (tertiary/aromatic N) is 1. The van der Waals surface area contributed by atoms with Crippen molar-refractivity contribution in [2.45, 2.75) is 0 Å². The minimum atomic E-state index is -0.339. The first-order valence-electron chi connectivity index (χ1n) is 7.57. The van der Waals surface area contributed by atoms with Gasteiger partial charge in [0.25, 0.3) is 0 Å². The SMILES string of the molecule is COc1ccc(Cl)cc1NC(=O)C=Cc1ccc(OCC#N)c(OC)c1. The maximum atomic E-state index is 12.1. The zero-order chi connectivity index (χ0) is 18.9. The van der Waals surface area contributed by atoms with Gasteiger partial charge in [0.15, 0.2) is 18.1 Å². The lowest BCUT2D eigenvalue weighted by molar-refractivity contribution is -0.111. The lowest BCUT2D eigenvalue weighted by Gasteiger charge is -2.09. The second kappa shape index (κ2) is 9.35. The van der Waals surface area contributed by atoms with Crippen LogP contribution < -0.4 is 19.5 Å². The zero-order valence-electron chi connectivity index (χ0n) is 14.3. The topological polar surface area (TPSA) is 80.6 Å². The highest BCUT2D eigenvalue weighted by Crippen LogP contribution is 2.29. The summed E-state index contributed by atoms with van der Waals surface area (Å²) in [7, 11) is 3.01. The van der Waals surface area contributed by atoms with E-state index in [0.29, 0.717) is 28.0 Å². The van der Waals surface area contributed by atoms with E-state index in [1.54, 1.807) is 42.5 Å². The number of carbonyl (C=O) groups is 1. The molecule has 0 saturated heterocycles. The average Bonchev–Trinajstić information content (AvgIpc) is 2.65. The Morgan fingerprint density at radius 3 is 2.58 bits per heavy atom. The molecule has 0 aliphatic rings. The standard InChI is InChI=1S/C19H17ClN2O4/c1-24-16-7-5-14(20)12-15(16)22-19(23)8-4-13-3-6-17(26-10-9-21)18(11-13)25-2/h3-8,11-12H,10H2,1-2H3,(H,22,23). The molecule has 0 heterocycles. The van der Waals surface area contributed by atoms with E-state index < -0.39 is 0 Å². The molecule has 0 radical (unpaired) electrons. The van der Waals surface area contributed by atoms with Gasteiger partial charge in [0, 0.05) is 11.1 Å². The van der Waals surface area contributed by atoms with Crippen molar-refractivity contribution in [1.82, 2.24) is 0 Å². The third-order valence-electron chi connectivity index (χ3n) is 3.33. The molecule has 0 atom stereocenters. The van der Waals surface area contributed by atoms with Crippen LogP contribution >= 0.6 is 11.6 Å². The van der Waals surface area contributed by atoms with Crippen LogP contribution in [0.2, 0.25) is 5.02 Å². The van der Waals surface area contributed by atoms with Gasteiger partial charge in [-0.15, -0.1) is 0 Å². The average molecular weight is 373 g/mol. The molecule has 1 amide bonds. The van der Waals surface area contributed by atoms with Gasteiger partial charge in [-0.3, -0.25) is 4.79 Å². The molecule has 134 valence electrons. The predicted octanol–water partition coefficient (Wildman–Crippen LogP) is 3.91. The largest absolute Gasteiger partial charge is 0.495 e. The van der Waals surface area contributed by atoms with Crippen molar-refractivity contribution in [3.8, 4) is 23.3 Å². The normalized spacial score (nSPS) is 10.2. The number of carbonyl (C=O) groups excluding carboxylic acids is 1. The Kier molecular flexibility index (Phi) is 6.89. The van der Waals surface area contributed by atoms with Crippen LogP contribution in [0.3, 0.4) is 0 Å². The minimum absolute atomic E-state index is 0.0740. The van der Waals surface area contributed by atoms with Gasteiger partial charge in [0.05, 0.1) is 19.9 Å². The van der Waals surface area contributed by atoms with Crippen LogP contribution in [0.15, 0.2) is 42.5 Å². The van der Waals surface area contributed by atoms with Crippen molar-refractivity contribution in [1.29, 1.82) is 5.26 Å². The predicted molar refractivity (Wildman–Crippen MR) is 99.8 cm³/mol. The first kappa shape index (κ1) is 19.2. The number of halogens is 1. The van der Waals surface area contributed by atoms with Crippen molar-refractivity contribution in [3.63, 3.8) is 0 Å². The number of nitrogens with one attached hydrogen (secondary N) is 1. The molecule has 0 aliphatic heterocycles. The highest BCUT2D eigenvalue weighted by Gasteiger charge is 2.07. The third-order valence-corrected chi connectivity index (χ3v) is 3.56. The molecule has 2 aromatic rings. The molecule has 0 unspecified atom stereocenters. The van der Waals surface area contributed by atoms with E-state index >= 15 is 0 Å². The van der Waals surface area contributed by atoms with Gasteiger partial charge in [-0.05, 0) is 42.0 Å². The summed E-state index contributed by atoms with van der Waals surface area (Å²) < 4.78 is 15.7. The monoisotopic (exact) mass is 372 g/mol. The number of rotatable bonds is 7. The molecule has 0 spiro atoms. The lowest BCUT2D eigenvalue weighted by atomic mass is 10.2. The van der Waals surface area contributed by atoms with E-state index in [9.17, 15) is 4.79 Å². The summed E-state index contributed by atoms with van der Waals surface area (Å²) in [5.74, 6) is 1.10. The van der Waals surface area contributed by atoms with Gasteiger partial charge >= 0.3 is 0 Å². The highest BCUT2D eigenvalue weighted by atomic mass is 35.5. The molecule has 26 heavy (non-hydrogen) atoms. The zero-order valence-corrected chi connectivity index (χ0v) is 15.0. The highest BCUT2D eigenvalue weighted by molar-refractivity contribution is 6.31. The van der Waals surface area contributed by atoms with Crippen LogP contribution in [-0.4, -0.2) is 26.7 Å². The van der Waals surface area contributed by atoms with Crippen LogP contribution in [0.25, 0.3) is 6.08 Å². The number of anilines is 1. The second-order valence-corrected chi connectivity index (χ2v) is 5.46. The molecule has 0 fully saturated rings. The van der Waals surface area contributed by atoms with Crippen LogP contribution in [0, 0.1) is 11.3 Å². The number of hydrogen-bond donors (Lipinski definition) is 1. The van der Waals surface area contributed by atoms with Crippen LogP contribution in [0.4, 0.5) is 5.69 Å². The van der Waals surface area contributed by atoms with E-state index in [1.165, 1.54) is 20.3 Å². The third kappa shape index (κ3) is 5.16. The lowest BCUT2D eigenvalue weighted by Crippen LogP contribution is -2.08. The van der Waals surface area contributed by atoms with Crippen molar-refractivity contribution in [2.24, 2.45) is 0 Å². The van der Waals surface area contributed by atoms with Gasteiger partial charge < -0.3 is 19.5 Å². The Balaban J connectivity index is 2.11. The van der Waals surface area contributed by atoms with Crippen LogP contribution in [0.5, 0.6) is 17.2 Å². The number of ether oxygens (including phenoxy) is 3. The number of benzene rings is 2. The molecular formula is C19H17ClN2O4. The van der Waals surface area contributed by atoms with E-state index in [4.69, 9.17) is 31.1 Å². The number of amides is 1. The smallest absolute Gasteiger partial charge is 0.248 e. The molecule has 0 bridgehead atoms. The summed E-state index contributed by atoms with van der Waals surface area (Å²) >= 11 is 5.94. The molecule has 0 aromatic heterocycles. The maximum absolute atomic E-state index is 12.1. The molecule has 7 heteroatoms. The summed E-state index contributed by atoms with van der Waals surface area (Å²) in [6.45, 7) is -0.0740. The maximum Gasteiger partial charge on any atom is 0.248 e. The summed E-state index contributed by atoms with van der Waals surface area (Å²) in [4.78, 5) is 12.1. The second-order valence-electron chi connectivity index (χ2n) is 5.02. The van der Waals surface area contributed by atoms with E-state index in [2.05, 4.69) is 5.32 Å². The molecular weight excluding hydrogens is 356 g/mol. The number of nitriles is 1. The van der Waals surface area contributed by atoms with Crippen molar-refractivity contribution < 1.29 is 19.0 Å². The Bertz CT molecular complexity index is 859. The molecule has 0 saturated carbocycles. The summed E-state index contributed by atoms with van der Waals surface area (Å²) in [6, 6.07) is 12.0. The van der Waals surface area contributed by atoms with Crippen molar-refractivity contribution in [2.75, 3.05) is 26.1 Å². The first-order chi connectivity index (χ1) is 12.6. The Labute approximate surface area is 156 Å². The Hall–Kier alpha value is -3.17. The summed E-state index contributed by atoms with van der Waals surface area (Å²) in [5.41, 5.74) is 1.21. The minimum Gasteiger partial charge on any atom is -0.495 e. The van der Waals surface area contributed by atoms with Gasteiger partial charge in [-0.1, -0.05) is 17.7 Å². The first-order valence-corrected chi connectivity index (χ1v) is 7.95. The van der Waals surface area contributed by atoms with E-state index in [0.717, 1.165) is 5.56 Å². The fraction of sp³-hybridized carbons (Fsp3) is 0.158.